The van der Waals surface area contributed by atoms with Crippen molar-refractivity contribution >= 4 is 0 Å². The highest BCUT2D eigenvalue weighted by molar-refractivity contribution is 5.49. The van der Waals surface area contributed by atoms with E-state index in [1.54, 1.807) is 0 Å². The summed E-state index contributed by atoms with van der Waals surface area (Å²) in [6.45, 7) is 2.81. The van der Waals surface area contributed by atoms with Crippen LogP contribution < -0.4 is 15.2 Å². The lowest BCUT2D eigenvalue weighted by molar-refractivity contribution is 0.174. The summed E-state index contributed by atoms with van der Waals surface area (Å²) >= 11 is 0. The maximum Gasteiger partial charge on any atom is 0.231 e. The van der Waals surface area contributed by atoms with Crippen LogP contribution in [0.15, 0.2) is 35.9 Å². The van der Waals surface area contributed by atoms with Gasteiger partial charge >= 0.3 is 0 Å². The molecule has 4 nitrogen and oxygen atoms in total. The number of rotatable bonds is 3. The minimum Gasteiger partial charge on any atom is -0.454 e. The first kappa shape index (κ1) is 19.5. The van der Waals surface area contributed by atoms with E-state index in [-0.39, 0.29) is 24.3 Å². The highest BCUT2D eigenvalue weighted by Crippen LogP contribution is 2.38. The molecule has 2 heterocycles. The molecule has 2 atom stereocenters. The van der Waals surface area contributed by atoms with Crippen LogP contribution in [0, 0.1) is 17.5 Å². The molecule has 3 aliphatic rings. The molecule has 0 spiro atoms. The number of hydrogen-bond acceptors (Lipinski definition) is 4. The summed E-state index contributed by atoms with van der Waals surface area (Å²) < 4.78 is 52.0. The second kappa shape index (κ2) is 7.63. The third kappa shape index (κ3) is 3.56. The van der Waals surface area contributed by atoms with Crippen LogP contribution in [-0.4, -0.2) is 30.8 Å². The largest absolute Gasteiger partial charge is 0.454 e. The second-order valence-electron chi connectivity index (χ2n) is 8.30. The Bertz CT molecular complexity index is 1020. The molecule has 1 aliphatic carbocycles. The summed E-state index contributed by atoms with van der Waals surface area (Å²) in [6, 6.07) is 5.35. The summed E-state index contributed by atoms with van der Waals surface area (Å²) in [6.07, 6.45) is 4.13. The number of benzene rings is 2. The molecule has 0 radical (unpaired) electrons. The molecule has 158 valence electrons. The van der Waals surface area contributed by atoms with E-state index in [9.17, 15) is 13.2 Å². The maximum absolute atomic E-state index is 14.2. The van der Waals surface area contributed by atoms with Gasteiger partial charge in [-0.05, 0) is 54.2 Å². The standard InChI is InChI=1S/C23H23F3N2O2/c24-18-9-20(26)19(25)8-17(18)16-2-1-13(5-21(16)27)10-28-4-3-14-6-22-23(30-12-29-22)7-15(14)11-28/h1,6-9,16,21H,2-5,10-12,27H2. The third-order valence-corrected chi connectivity index (χ3v) is 6.33. The van der Waals surface area contributed by atoms with Crippen molar-refractivity contribution in [3.8, 4) is 11.5 Å². The van der Waals surface area contributed by atoms with E-state index < -0.39 is 17.5 Å². The summed E-state index contributed by atoms with van der Waals surface area (Å²) in [5.74, 6) is -1.70. The first-order chi connectivity index (χ1) is 14.5. The number of allylic oxidation sites excluding steroid dienone is 1. The van der Waals surface area contributed by atoms with Crippen molar-refractivity contribution in [2.45, 2.75) is 37.8 Å². The molecule has 2 unspecified atom stereocenters. The van der Waals surface area contributed by atoms with Crippen LogP contribution >= 0.6 is 0 Å². The Morgan fingerprint density at radius 2 is 1.70 bits per heavy atom. The highest BCUT2D eigenvalue weighted by atomic mass is 19.2. The zero-order chi connectivity index (χ0) is 20.8. The minimum absolute atomic E-state index is 0.152. The molecule has 0 fully saturated rings. The number of halogens is 3. The number of ether oxygens (including phenoxy) is 2. The number of fused-ring (bicyclic) bond motifs is 2. The smallest absolute Gasteiger partial charge is 0.231 e. The van der Waals surface area contributed by atoms with Gasteiger partial charge in [-0.2, -0.15) is 0 Å². The van der Waals surface area contributed by atoms with Gasteiger partial charge in [-0.25, -0.2) is 13.2 Å². The van der Waals surface area contributed by atoms with Gasteiger partial charge in [0.2, 0.25) is 6.79 Å². The number of nitrogens with two attached hydrogens (primary N) is 1. The van der Waals surface area contributed by atoms with Crippen LogP contribution in [0.2, 0.25) is 0 Å². The van der Waals surface area contributed by atoms with Gasteiger partial charge in [0.05, 0.1) is 0 Å². The van der Waals surface area contributed by atoms with Crippen molar-refractivity contribution in [3.05, 3.63) is 70.1 Å². The van der Waals surface area contributed by atoms with Gasteiger partial charge in [-0.3, -0.25) is 4.90 Å². The van der Waals surface area contributed by atoms with Gasteiger partial charge in [0.15, 0.2) is 23.1 Å². The van der Waals surface area contributed by atoms with Crippen LogP contribution in [0.1, 0.15) is 35.4 Å². The first-order valence-electron chi connectivity index (χ1n) is 10.2. The molecule has 2 aliphatic heterocycles. The van der Waals surface area contributed by atoms with E-state index >= 15 is 0 Å². The number of hydrogen-bond donors (Lipinski definition) is 1. The molecule has 5 rings (SSSR count). The fraction of sp³-hybridized carbons (Fsp3) is 0.391. The van der Waals surface area contributed by atoms with Crippen LogP contribution in [-0.2, 0) is 13.0 Å². The van der Waals surface area contributed by atoms with E-state index in [2.05, 4.69) is 23.1 Å². The molecule has 0 amide bonds. The summed E-state index contributed by atoms with van der Waals surface area (Å²) in [7, 11) is 0. The first-order valence-corrected chi connectivity index (χ1v) is 10.2. The van der Waals surface area contributed by atoms with Gasteiger partial charge < -0.3 is 15.2 Å². The molecule has 30 heavy (non-hydrogen) atoms. The summed E-state index contributed by atoms with van der Waals surface area (Å²) in [5, 5.41) is 0. The van der Waals surface area contributed by atoms with E-state index in [1.165, 1.54) is 16.7 Å². The van der Waals surface area contributed by atoms with E-state index in [1.807, 2.05) is 0 Å². The fourth-order valence-corrected chi connectivity index (χ4v) is 4.73. The van der Waals surface area contributed by atoms with Gasteiger partial charge in [-0.15, -0.1) is 0 Å². The van der Waals surface area contributed by atoms with Crippen molar-refractivity contribution in [1.82, 2.24) is 4.90 Å². The second-order valence-corrected chi connectivity index (χ2v) is 8.30. The van der Waals surface area contributed by atoms with Gasteiger partial charge in [0.25, 0.3) is 0 Å². The van der Waals surface area contributed by atoms with Crippen molar-refractivity contribution in [1.29, 1.82) is 0 Å². The van der Waals surface area contributed by atoms with Crippen molar-refractivity contribution < 1.29 is 22.6 Å². The van der Waals surface area contributed by atoms with Crippen LogP contribution in [0.25, 0.3) is 0 Å². The Morgan fingerprint density at radius 3 is 2.47 bits per heavy atom. The highest BCUT2D eigenvalue weighted by Gasteiger charge is 2.29. The van der Waals surface area contributed by atoms with Crippen LogP contribution in [0.3, 0.4) is 0 Å². The molecule has 0 saturated carbocycles. The molecular weight excluding hydrogens is 393 g/mol. The van der Waals surface area contributed by atoms with Crippen molar-refractivity contribution in [2.75, 3.05) is 19.9 Å². The molecular formula is C23H23F3N2O2. The van der Waals surface area contributed by atoms with E-state index in [4.69, 9.17) is 15.2 Å². The lowest BCUT2D eigenvalue weighted by atomic mass is 9.80. The third-order valence-electron chi connectivity index (χ3n) is 6.33. The molecule has 2 aromatic carbocycles. The van der Waals surface area contributed by atoms with Gasteiger partial charge in [-0.1, -0.05) is 11.6 Å². The molecule has 2 aromatic rings. The monoisotopic (exact) mass is 416 g/mol. The molecule has 2 N–H and O–H groups in total. The topological polar surface area (TPSA) is 47.7 Å². The predicted octanol–water partition coefficient (Wildman–Crippen LogP) is 4.02. The Hall–Kier alpha value is -2.51. The van der Waals surface area contributed by atoms with Gasteiger partial charge in [0, 0.05) is 37.7 Å². The Balaban J connectivity index is 1.28. The zero-order valence-electron chi connectivity index (χ0n) is 16.5. The molecule has 7 heteroatoms. The van der Waals surface area contributed by atoms with Crippen molar-refractivity contribution in [2.24, 2.45) is 5.73 Å². The Labute approximate surface area is 173 Å². The summed E-state index contributed by atoms with van der Waals surface area (Å²) in [4.78, 5) is 2.36. The molecule has 0 aromatic heterocycles. The van der Waals surface area contributed by atoms with E-state index in [0.717, 1.165) is 43.6 Å². The SMILES string of the molecule is NC1CC(CN2CCc3cc4c(cc3C2)OCO4)=CCC1c1cc(F)c(F)cc1F. The Kier molecular flexibility index (Phi) is 4.95. The van der Waals surface area contributed by atoms with Gasteiger partial charge in [0.1, 0.15) is 5.82 Å². The Morgan fingerprint density at radius 1 is 0.967 bits per heavy atom. The maximum atomic E-state index is 14.2. The van der Waals surface area contributed by atoms with E-state index in [0.29, 0.717) is 18.9 Å². The molecule has 0 saturated heterocycles. The lowest BCUT2D eigenvalue weighted by Crippen LogP contribution is -2.37. The summed E-state index contributed by atoms with van der Waals surface area (Å²) in [5.41, 5.74) is 10.2. The fourth-order valence-electron chi connectivity index (χ4n) is 4.73. The minimum atomic E-state index is -1.18. The average molecular weight is 416 g/mol. The lowest BCUT2D eigenvalue weighted by Gasteiger charge is -2.34. The zero-order valence-corrected chi connectivity index (χ0v) is 16.5. The normalized spacial score (nSPS) is 23.3. The van der Waals surface area contributed by atoms with Crippen LogP contribution in [0.4, 0.5) is 13.2 Å². The number of nitrogens with zero attached hydrogens (tertiary/aromatic N) is 1. The predicted molar refractivity (Wildman–Crippen MR) is 106 cm³/mol. The quantitative estimate of drug-likeness (QED) is 0.607. The van der Waals surface area contributed by atoms with Crippen LogP contribution in [0.5, 0.6) is 11.5 Å². The average Bonchev–Trinajstić information content (AvgIpc) is 3.17. The van der Waals surface area contributed by atoms with Crippen molar-refractivity contribution in [3.63, 3.8) is 0 Å². The molecule has 0 bridgehead atoms.